The van der Waals surface area contributed by atoms with Crippen LogP contribution in [0, 0.1) is 11.7 Å². The first-order valence-electron chi connectivity index (χ1n) is 9.66. The Morgan fingerprint density at radius 3 is 2.59 bits per heavy atom. The average molecular weight is 368 g/mol. The monoisotopic (exact) mass is 368 g/mol. The number of halogens is 1. The summed E-state index contributed by atoms with van der Waals surface area (Å²) in [5.41, 5.74) is 1.27. The maximum atomic E-state index is 13.3. The largest absolute Gasteiger partial charge is 0.454 e. The van der Waals surface area contributed by atoms with Gasteiger partial charge in [0, 0.05) is 18.5 Å². The zero-order chi connectivity index (χ0) is 18.0. The molecule has 1 aromatic carbocycles. The van der Waals surface area contributed by atoms with E-state index in [1.807, 2.05) is 6.07 Å². The van der Waals surface area contributed by atoms with E-state index >= 15 is 0 Å². The Kier molecular flexibility index (Phi) is 3.35. The number of ether oxygens (including phenoxy) is 2. The van der Waals surface area contributed by atoms with Gasteiger partial charge in [-0.25, -0.2) is 14.4 Å². The highest BCUT2D eigenvalue weighted by molar-refractivity contribution is 5.49. The fourth-order valence-corrected chi connectivity index (χ4v) is 5.54. The molecule has 5 aliphatic heterocycles. The molecule has 6 heterocycles. The van der Waals surface area contributed by atoms with Crippen LogP contribution in [0.4, 0.5) is 10.3 Å². The predicted molar refractivity (Wildman–Crippen MR) is 96.5 cm³/mol. The van der Waals surface area contributed by atoms with Gasteiger partial charge < -0.3 is 14.4 Å². The van der Waals surface area contributed by atoms with Crippen molar-refractivity contribution >= 4 is 5.95 Å². The van der Waals surface area contributed by atoms with E-state index in [0.717, 1.165) is 31.1 Å². The van der Waals surface area contributed by atoms with Gasteiger partial charge in [-0.2, -0.15) is 0 Å². The van der Waals surface area contributed by atoms with Gasteiger partial charge in [-0.3, -0.25) is 4.90 Å². The van der Waals surface area contributed by atoms with Crippen LogP contribution in [0.3, 0.4) is 0 Å². The summed E-state index contributed by atoms with van der Waals surface area (Å²) in [5, 5.41) is 0. The van der Waals surface area contributed by atoms with E-state index in [1.54, 1.807) is 0 Å². The maximum absolute atomic E-state index is 13.3. The third-order valence-electron chi connectivity index (χ3n) is 6.68. The Hall–Kier alpha value is -2.41. The summed E-state index contributed by atoms with van der Waals surface area (Å²) in [7, 11) is 0. The SMILES string of the molecule is Fc1cnc(N2C[C@H](c3ccc4c(c3)OCO4)[C@H]3[C@@H]2C2CCN3CC2)nc1. The van der Waals surface area contributed by atoms with E-state index in [0.29, 0.717) is 36.7 Å². The van der Waals surface area contributed by atoms with E-state index in [1.165, 1.54) is 30.8 Å². The van der Waals surface area contributed by atoms with E-state index in [4.69, 9.17) is 9.47 Å². The van der Waals surface area contributed by atoms with Crippen LogP contribution >= 0.6 is 0 Å². The standard InChI is InChI=1S/C20H21FN4O2/c21-14-8-22-20(23-9-14)25-10-15(13-1-2-16-17(7-13)27-11-26-16)19-18(25)12-3-5-24(19)6-4-12/h1-2,7-9,12,15,18-19H,3-6,10-11H2/t15-,18+,19+/m1/s1. The number of fused-ring (bicyclic) bond motifs is 3. The van der Waals surface area contributed by atoms with Gasteiger partial charge >= 0.3 is 0 Å². The lowest BCUT2D eigenvalue weighted by molar-refractivity contribution is 0.0353. The molecule has 0 aliphatic carbocycles. The highest BCUT2D eigenvalue weighted by atomic mass is 19.1. The Labute approximate surface area is 156 Å². The number of piperidine rings is 3. The second-order valence-electron chi connectivity index (χ2n) is 7.93. The average Bonchev–Trinajstić information content (AvgIpc) is 3.35. The van der Waals surface area contributed by atoms with Gasteiger partial charge in [-0.05, 0) is 49.5 Å². The van der Waals surface area contributed by atoms with Crippen LogP contribution in [0.25, 0.3) is 0 Å². The van der Waals surface area contributed by atoms with Crippen LogP contribution in [0.5, 0.6) is 11.5 Å². The van der Waals surface area contributed by atoms with Gasteiger partial charge in [0.05, 0.1) is 18.4 Å². The first-order valence-corrected chi connectivity index (χ1v) is 9.66. The molecule has 0 spiro atoms. The zero-order valence-electron chi connectivity index (χ0n) is 14.9. The summed E-state index contributed by atoms with van der Waals surface area (Å²) in [5.74, 6) is 2.89. The fourth-order valence-electron chi connectivity index (χ4n) is 5.54. The van der Waals surface area contributed by atoms with Crippen molar-refractivity contribution < 1.29 is 13.9 Å². The van der Waals surface area contributed by atoms with Gasteiger partial charge in [0.2, 0.25) is 12.7 Å². The van der Waals surface area contributed by atoms with Gasteiger partial charge in [-0.1, -0.05) is 6.07 Å². The number of benzene rings is 1. The lowest BCUT2D eigenvalue weighted by Gasteiger charge is -2.51. The third-order valence-corrected chi connectivity index (χ3v) is 6.68. The molecule has 7 heteroatoms. The van der Waals surface area contributed by atoms with Crippen LogP contribution in [0.1, 0.15) is 24.3 Å². The smallest absolute Gasteiger partial charge is 0.231 e. The lowest BCUT2D eigenvalue weighted by Crippen LogP contribution is -2.60. The summed E-state index contributed by atoms with van der Waals surface area (Å²) in [6.45, 7) is 3.45. The normalized spacial score (nSPS) is 33.4. The van der Waals surface area contributed by atoms with Crippen molar-refractivity contribution in [2.24, 2.45) is 5.92 Å². The molecule has 0 unspecified atom stereocenters. The number of anilines is 1. The van der Waals surface area contributed by atoms with Crippen molar-refractivity contribution in [2.45, 2.75) is 30.8 Å². The second kappa shape index (κ2) is 5.79. The minimum Gasteiger partial charge on any atom is -0.454 e. The Bertz CT molecular complexity index is 869. The minimum absolute atomic E-state index is 0.291. The molecule has 5 aliphatic rings. The van der Waals surface area contributed by atoms with E-state index in [2.05, 4.69) is 31.9 Å². The quantitative estimate of drug-likeness (QED) is 0.812. The van der Waals surface area contributed by atoms with Crippen LogP contribution in [0.2, 0.25) is 0 Å². The van der Waals surface area contributed by atoms with Crippen LogP contribution < -0.4 is 14.4 Å². The molecule has 4 fully saturated rings. The molecule has 0 saturated carbocycles. The molecule has 7 rings (SSSR count). The summed E-state index contributed by atoms with van der Waals surface area (Å²) < 4.78 is 24.4. The molecule has 140 valence electrons. The molecule has 3 atom stereocenters. The van der Waals surface area contributed by atoms with Gasteiger partial charge in [0.25, 0.3) is 0 Å². The molecular formula is C20H21FN4O2. The van der Waals surface area contributed by atoms with Crippen molar-refractivity contribution in [2.75, 3.05) is 31.3 Å². The van der Waals surface area contributed by atoms with E-state index < -0.39 is 5.82 Å². The lowest BCUT2D eigenvalue weighted by atomic mass is 9.75. The van der Waals surface area contributed by atoms with Crippen LogP contribution in [0.15, 0.2) is 30.6 Å². The van der Waals surface area contributed by atoms with Crippen molar-refractivity contribution in [1.29, 1.82) is 0 Å². The van der Waals surface area contributed by atoms with Crippen molar-refractivity contribution in [1.82, 2.24) is 14.9 Å². The third kappa shape index (κ3) is 2.34. The Morgan fingerprint density at radius 2 is 1.78 bits per heavy atom. The predicted octanol–water partition coefficient (Wildman–Crippen LogP) is 2.41. The zero-order valence-corrected chi connectivity index (χ0v) is 14.9. The first-order chi connectivity index (χ1) is 13.3. The highest BCUT2D eigenvalue weighted by Gasteiger charge is 2.54. The van der Waals surface area contributed by atoms with E-state index in [-0.39, 0.29) is 0 Å². The first kappa shape index (κ1) is 15.6. The number of nitrogens with zero attached hydrogens (tertiary/aromatic N) is 4. The molecular weight excluding hydrogens is 347 g/mol. The summed E-state index contributed by atoms with van der Waals surface area (Å²) in [4.78, 5) is 13.5. The molecule has 0 radical (unpaired) electrons. The van der Waals surface area contributed by atoms with Gasteiger partial charge in [0.1, 0.15) is 0 Å². The minimum atomic E-state index is -0.393. The molecule has 0 N–H and O–H groups in total. The molecule has 2 bridgehead atoms. The summed E-state index contributed by atoms with van der Waals surface area (Å²) in [6, 6.07) is 7.12. The summed E-state index contributed by atoms with van der Waals surface area (Å²) in [6.07, 6.45) is 4.97. The molecule has 6 nitrogen and oxygen atoms in total. The summed E-state index contributed by atoms with van der Waals surface area (Å²) >= 11 is 0. The fraction of sp³-hybridized carbons (Fsp3) is 0.500. The molecule has 27 heavy (non-hydrogen) atoms. The van der Waals surface area contributed by atoms with Crippen molar-refractivity contribution in [3.05, 3.63) is 42.0 Å². The number of rotatable bonds is 2. The number of hydrogen-bond donors (Lipinski definition) is 0. The maximum Gasteiger partial charge on any atom is 0.231 e. The van der Waals surface area contributed by atoms with E-state index in [9.17, 15) is 4.39 Å². The highest BCUT2D eigenvalue weighted by Crippen LogP contribution is 2.48. The molecule has 1 aromatic heterocycles. The Morgan fingerprint density at radius 1 is 1.00 bits per heavy atom. The van der Waals surface area contributed by atoms with Crippen LogP contribution in [-0.2, 0) is 0 Å². The van der Waals surface area contributed by atoms with Gasteiger partial charge in [0.15, 0.2) is 17.3 Å². The second-order valence-corrected chi connectivity index (χ2v) is 7.93. The Balaban J connectivity index is 1.41. The van der Waals surface area contributed by atoms with Crippen LogP contribution in [-0.4, -0.2) is 53.4 Å². The van der Waals surface area contributed by atoms with Crippen molar-refractivity contribution in [3.63, 3.8) is 0 Å². The number of hydrogen-bond acceptors (Lipinski definition) is 6. The molecule has 0 amide bonds. The topological polar surface area (TPSA) is 50.7 Å². The molecule has 2 aromatic rings. The molecule has 4 saturated heterocycles. The number of aromatic nitrogens is 2. The van der Waals surface area contributed by atoms with Gasteiger partial charge in [-0.15, -0.1) is 0 Å². The van der Waals surface area contributed by atoms with Crippen molar-refractivity contribution in [3.8, 4) is 11.5 Å².